The van der Waals surface area contributed by atoms with Gasteiger partial charge in [-0.3, -0.25) is 0 Å². The van der Waals surface area contributed by atoms with E-state index in [-0.39, 0.29) is 0 Å². The quantitative estimate of drug-likeness (QED) is 0.627. The van der Waals surface area contributed by atoms with E-state index in [2.05, 4.69) is 10.1 Å². The fourth-order valence-electron chi connectivity index (χ4n) is 1.94. The number of aromatic nitrogens is 2. The van der Waals surface area contributed by atoms with Crippen molar-refractivity contribution >= 4 is 17.2 Å². The van der Waals surface area contributed by atoms with E-state index >= 15 is 0 Å². The minimum atomic E-state index is 0.892. The van der Waals surface area contributed by atoms with Crippen LogP contribution in [0.15, 0.2) is 59.7 Å². The number of imidazole rings is 1. The molecule has 0 aliphatic rings. The van der Waals surface area contributed by atoms with Gasteiger partial charge in [0, 0.05) is 0 Å². The summed E-state index contributed by atoms with van der Waals surface area (Å²) < 4.78 is 1.86. The Bertz CT molecular complexity index is 696. The molecule has 18 heavy (non-hydrogen) atoms. The molecule has 0 aliphatic carbocycles. The molecule has 0 fully saturated rings. The molecule has 0 bridgehead atoms. The van der Waals surface area contributed by atoms with Gasteiger partial charge in [0.2, 0.25) is 0 Å². The first-order valence-corrected chi connectivity index (χ1v) is 5.88. The summed E-state index contributed by atoms with van der Waals surface area (Å²) in [6, 6.07) is 18.1. The number of hydrogen-bond donors (Lipinski definition) is 0. The van der Waals surface area contributed by atoms with Gasteiger partial charge in [-0.15, -0.1) is 0 Å². The van der Waals surface area contributed by atoms with Crippen LogP contribution in [0, 0.1) is 6.92 Å². The van der Waals surface area contributed by atoms with Crippen molar-refractivity contribution in [3.63, 3.8) is 0 Å². The molecule has 0 unspecified atom stereocenters. The Balaban J connectivity index is 2.05. The van der Waals surface area contributed by atoms with Crippen molar-refractivity contribution in [3.05, 3.63) is 66.0 Å². The van der Waals surface area contributed by atoms with Gasteiger partial charge in [0.1, 0.15) is 5.82 Å². The lowest BCUT2D eigenvalue weighted by atomic mass is 10.2. The van der Waals surface area contributed by atoms with E-state index in [1.807, 2.05) is 72.4 Å². The monoisotopic (exact) mass is 235 g/mol. The third-order valence-electron chi connectivity index (χ3n) is 2.82. The van der Waals surface area contributed by atoms with Crippen LogP contribution in [0.5, 0.6) is 0 Å². The van der Waals surface area contributed by atoms with E-state index in [9.17, 15) is 0 Å². The van der Waals surface area contributed by atoms with E-state index in [0.717, 1.165) is 22.4 Å². The first-order chi connectivity index (χ1) is 8.84. The number of fused-ring (bicyclic) bond motifs is 1. The first-order valence-electron chi connectivity index (χ1n) is 5.88. The second kappa shape index (κ2) is 4.45. The molecule has 3 aromatic rings. The molecule has 88 valence electrons. The van der Waals surface area contributed by atoms with Crippen LogP contribution in [0.1, 0.15) is 11.4 Å². The summed E-state index contributed by atoms with van der Waals surface area (Å²) in [7, 11) is 0. The summed E-state index contributed by atoms with van der Waals surface area (Å²) >= 11 is 0. The Morgan fingerprint density at radius 2 is 1.72 bits per heavy atom. The molecule has 0 atom stereocenters. The highest BCUT2D eigenvalue weighted by Gasteiger charge is 2.04. The zero-order valence-electron chi connectivity index (χ0n) is 10.1. The SMILES string of the molecule is Cc1nc2ccccc2n1/N=C\c1ccccc1. The molecule has 0 spiro atoms. The Hall–Kier alpha value is -2.42. The zero-order chi connectivity index (χ0) is 12.4. The molecule has 3 nitrogen and oxygen atoms in total. The number of aryl methyl sites for hydroxylation is 1. The molecule has 2 aromatic carbocycles. The minimum absolute atomic E-state index is 0.892. The van der Waals surface area contributed by atoms with Gasteiger partial charge in [-0.2, -0.15) is 5.10 Å². The summed E-state index contributed by atoms with van der Waals surface area (Å²) in [6.07, 6.45) is 1.85. The fourth-order valence-corrected chi connectivity index (χ4v) is 1.94. The predicted octanol–water partition coefficient (Wildman–Crippen LogP) is 3.23. The van der Waals surface area contributed by atoms with Crippen molar-refractivity contribution in [1.29, 1.82) is 0 Å². The molecular formula is C15H13N3. The number of para-hydroxylation sites is 2. The van der Waals surface area contributed by atoms with E-state index in [1.54, 1.807) is 0 Å². The van der Waals surface area contributed by atoms with Crippen molar-refractivity contribution in [1.82, 2.24) is 9.66 Å². The maximum atomic E-state index is 4.49. The van der Waals surface area contributed by atoms with Gasteiger partial charge in [0.05, 0.1) is 17.2 Å². The van der Waals surface area contributed by atoms with Crippen molar-refractivity contribution in [3.8, 4) is 0 Å². The van der Waals surface area contributed by atoms with Gasteiger partial charge >= 0.3 is 0 Å². The molecule has 3 heteroatoms. The van der Waals surface area contributed by atoms with E-state index in [1.165, 1.54) is 0 Å². The Kier molecular flexibility index (Phi) is 2.65. The minimum Gasteiger partial charge on any atom is -0.232 e. The molecule has 0 N–H and O–H groups in total. The van der Waals surface area contributed by atoms with Crippen LogP contribution in [-0.4, -0.2) is 15.9 Å². The third kappa shape index (κ3) is 1.91. The van der Waals surface area contributed by atoms with Crippen LogP contribution in [-0.2, 0) is 0 Å². The maximum absolute atomic E-state index is 4.49. The number of rotatable bonds is 2. The van der Waals surface area contributed by atoms with Gasteiger partial charge in [-0.1, -0.05) is 42.5 Å². The molecule has 0 saturated carbocycles. The van der Waals surface area contributed by atoms with Gasteiger partial charge in [0.25, 0.3) is 0 Å². The highest BCUT2D eigenvalue weighted by atomic mass is 15.4. The number of nitrogens with zero attached hydrogens (tertiary/aromatic N) is 3. The molecule has 0 amide bonds. The van der Waals surface area contributed by atoms with E-state index in [0.29, 0.717) is 0 Å². The smallest absolute Gasteiger partial charge is 0.128 e. The fraction of sp³-hybridized carbons (Fsp3) is 0.0667. The van der Waals surface area contributed by atoms with Gasteiger partial charge in [0.15, 0.2) is 0 Å². The predicted molar refractivity (Wildman–Crippen MR) is 73.9 cm³/mol. The highest BCUT2D eigenvalue weighted by molar-refractivity contribution is 5.81. The zero-order valence-corrected chi connectivity index (χ0v) is 10.1. The van der Waals surface area contributed by atoms with Crippen molar-refractivity contribution in [2.75, 3.05) is 0 Å². The second-order valence-electron chi connectivity index (χ2n) is 4.11. The maximum Gasteiger partial charge on any atom is 0.128 e. The average molecular weight is 235 g/mol. The van der Waals surface area contributed by atoms with E-state index < -0.39 is 0 Å². The molecule has 1 aromatic heterocycles. The lowest BCUT2D eigenvalue weighted by Crippen LogP contribution is -1.93. The van der Waals surface area contributed by atoms with Crippen LogP contribution < -0.4 is 0 Å². The first kappa shape index (κ1) is 10.7. The Morgan fingerprint density at radius 1 is 1.00 bits per heavy atom. The van der Waals surface area contributed by atoms with E-state index in [4.69, 9.17) is 0 Å². The lowest BCUT2D eigenvalue weighted by Gasteiger charge is -1.98. The molecule has 0 radical (unpaired) electrons. The summed E-state index contributed by atoms with van der Waals surface area (Å²) in [4.78, 5) is 4.47. The van der Waals surface area contributed by atoms with Crippen molar-refractivity contribution < 1.29 is 0 Å². The average Bonchev–Trinajstić information content (AvgIpc) is 2.73. The lowest BCUT2D eigenvalue weighted by molar-refractivity contribution is 0.859. The molecule has 1 heterocycles. The van der Waals surface area contributed by atoms with Crippen LogP contribution in [0.2, 0.25) is 0 Å². The van der Waals surface area contributed by atoms with Gasteiger partial charge in [-0.05, 0) is 24.6 Å². The van der Waals surface area contributed by atoms with Gasteiger partial charge in [-0.25, -0.2) is 9.66 Å². The van der Waals surface area contributed by atoms with Gasteiger partial charge < -0.3 is 0 Å². The third-order valence-corrected chi connectivity index (χ3v) is 2.82. The topological polar surface area (TPSA) is 30.2 Å². The molecule has 0 saturated heterocycles. The van der Waals surface area contributed by atoms with Crippen LogP contribution in [0.3, 0.4) is 0 Å². The summed E-state index contributed by atoms with van der Waals surface area (Å²) in [5, 5.41) is 4.49. The number of benzene rings is 2. The second-order valence-corrected chi connectivity index (χ2v) is 4.11. The number of hydrogen-bond acceptors (Lipinski definition) is 2. The molecule has 3 rings (SSSR count). The van der Waals surface area contributed by atoms with Crippen molar-refractivity contribution in [2.45, 2.75) is 6.92 Å². The summed E-state index contributed by atoms with van der Waals surface area (Å²) in [6.45, 7) is 1.96. The Morgan fingerprint density at radius 3 is 2.56 bits per heavy atom. The highest BCUT2D eigenvalue weighted by Crippen LogP contribution is 2.14. The summed E-state index contributed by atoms with van der Waals surface area (Å²) in [5.41, 5.74) is 3.08. The summed E-state index contributed by atoms with van der Waals surface area (Å²) in [5.74, 6) is 0.892. The Labute approximate surface area is 105 Å². The molecular weight excluding hydrogens is 222 g/mol. The standard InChI is InChI=1S/C15H13N3/c1-12-17-14-9-5-6-10-15(14)18(12)16-11-13-7-3-2-4-8-13/h2-11H,1H3/b16-11-. The van der Waals surface area contributed by atoms with Crippen LogP contribution >= 0.6 is 0 Å². The van der Waals surface area contributed by atoms with Crippen LogP contribution in [0.4, 0.5) is 0 Å². The van der Waals surface area contributed by atoms with Crippen LogP contribution in [0.25, 0.3) is 11.0 Å². The molecule has 0 aliphatic heterocycles. The largest absolute Gasteiger partial charge is 0.232 e. The van der Waals surface area contributed by atoms with Crippen molar-refractivity contribution in [2.24, 2.45) is 5.10 Å². The normalized spacial score (nSPS) is 11.4.